The Balaban J connectivity index is 0. The first-order chi connectivity index (χ1) is 9.84. The van der Waals surface area contributed by atoms with Gasteiger partial charge in [0.15, 0.2) is 12.0 Å². The Morgan fingerprint density at radius 1 is 1.14 bits per heavy atom. The maximum Gasteiger partial charge on any atom is 0.230 e. The van der Waals surface area contributed by atoms with Crippen LogP contribution in [0.25, 0.3) is 0 Å². The molecule has 0 saturated heterocycles. The molecular weight excluding hydrogens is 272 g/mol. The highest BCUT2D eigenvalue weighted by Crippen LogP contribution is 2.25. The van der Waals surface area contributed by atoms with Crippen molar-refractivity contribution >= 4 is 5.78 Å². The van der Waals surface area contributed by atoms with E-state index in [4.69, 9.17) is 19.3 Å². The van der Waals surface area contributed by atoms with Crippen molar-refractivity contribution in [3.8, 4) is 0 Å². The third-order valence-electron chi connectivity index (χ3n) is 2.40. The molecule has 0 bridgehead atoms. The molecule has 1 unspecified atom stereocenters. The molecule has 5 nitrogen and oxygen atoms in total. The molecule has 1 rings (SSSR count). The lowest BCUT2D eigenvalue weighted by atomic mass is 9.92. The van der Waals surface area contributed by atoms with E-state index in [0.29, 0.717) is 11.3 Å². The van der Waals surface area contributed by atoms with Crippen LogP contribution in [0.15, 0.2) is 24.5 Å². The van der Waals surface area contributed by atoms with Gasteiger partial charge in [-0.25, -0.2) is 0 Å². The van der Waals surface area contributed by atoms with Gasteiger partial charge in [0, 0.05) is 18.8 Å². The van der Waals surface area contributed by atoms with Crippen molar-refractivity contribution in [2.75, 3.05) is 13.2 Å². The lowest BCUT2D eigenvalue weighted by Crippen LogP contribution is -2.37. The van der Waals surface area contributed by atoms with Gasteiger partial charge in [-0.2, -0.15) is 0 Å². The topological polar surface area (TPSA) is 65.0 Å². The number of aliphatic hydroxyl groups is 1. The third-order valence-corrected chi connectivity index (χ3v) is 2.40. The fourth-order valence-corrected chi connectivity index (χ4v) is 1.47. The number of hydrogen-bond acceptors (Lipinski definition) is 5. The molecule has 0 radical (unpaired) electrons. The summed E-state index contributed by atoms with van der Waals surface area (Å²) in [6.07, 6.45) is -0.954. The second kappa shape index (κ2) is 12.6. The number of rotatable bonds is 6. The second-order valence-electron chi connectivity index (χ2n) is 4.42. The predicted molar refractivity (Wildman–Crippen MR) is 83.9 cm³/mol. The van der Waals surface area contributed by atoms with E-state index in [0.717, 1.165) is 13.2 Å². The number of carbonyl (C=O) groups is 1. The van der Waals surface area contributed by atoms with E-state index in [1.165, 1.54) is 0 Å². The van der Waals surface area contributed by atoms with E-state index in [1.807, 2.05) is 34.6 Å². The molecular formula is C16H30O5. The molecule has 0 aromatic carbocycles. The first-order valence-corrected chi connectivity index (χ1v) is 7.17. The summed E-state index contributed by atoms with van der Waals surface area (Å²) in [5, 5.41) is 8.98. The SMILES string of the molecule is C=C.CC1=C(OC(C)C)C(=O)C1O.CCOC(C)OCC. The van der Waals surface area contributed by atoms with Gasteiger partial charge in [-0.15, -0.1) is 13.2 Å². The van der Waals surface area contributed by atoms with Crippen LogP contribution in [0.3, 0.4) is 0 Å². The molecule has 21 heavy (non-hydrogen) atoms. The molecule has 1 aliphatic rings. The molecule has 1 N–H and O–H groups in total. The van der Waals surface area contributed by atoms with Crippen LogP contribution in [0.4, 0.5) is 0 Å². The molecule has 124 valence electrons. The van der Waals surface area contributed by atoms with Crippen LogP contribution < -0.4 is 0 Å². The fourth-order valence-electron chi connectivity index (χ4n) is 1.47. The Bertz CT molecular complexity index is 317. The van der Waals surface area contributed by atoms with Crippen molar-refractivity contribution in [1.82, 2.24) is 0 Å². The number of Topliss-reactive ketones (excluding diaryl/α,β-unsaturated/α-hetero) is 1. The summed E-state index contributed by atoms with van der Waals surface area (Å²) in [6.45, 7) is 18.6. The van der Waals surface area contributed by atoms with E-state index >= 15 is 0 Å². The van der Waals surface area contributed by atoms with Crippen LogP contribution >= 0.6 is 0 Å². The van der Waals surface area contributed by atoms with Gasteiger partial charge in [0.25, 0.3) is 0 Å². The molecule has 1 aliphatic carbocycles. The Morgan fingerprint density at radius 2 is 1.57 bits per heavy atom. The minimum atomic E-state index is -0.913. The molecule has 5 heteroatoms. The van der Waals surface area contributed by atoms with Crippen molar-refractivity contribution in [3.05, 3.63) is 24.5 Å². The van der Waals surface area contributed by atoms with E-state index in [9.17, 15) is 4.79 Å². The highest BCUT2D eigenvalue weighted by Gasteiger charge is 2.36. The first-order valence-electron chi connectivity index (χ1n) is 7.17. The predicted octanol–water partition coefficient (Wildman–Crippen LogP) is 2.84. The molecule has 0 aromatic heterocycles. The molecule has 1 atom stereocenters. The maximum atomic E-state index is 10.9. The van der Waals surface area contributed by atoms with Crippen LogP contribution in [-0.4, -0.2) is 42.6 Å². The molecule has 0 aromatic rings. The average Bonchev–Trinajstić information content (AvgIpc) is 2.47. The van der Waals surface area contributed by atoms with Crippen molar-refractivity contribution in [2.24, 2.45) is 0 Å². The summed E-state index contributed by atoms with van der Waals surface area (Å²) in [5.41, 5.74) is 0.642. The van der Waals surface area contributed by atoms with Gasteiger partial charge in [-0.1, -0.05) is 0 Å². The molecule has 0 heterocycles. The molecule has 0 saturated carbocycles. The lowest BCUT2D eigenvalue weighted by Gasteiger charge is -2.26. The average molecular weight is 302 g/mol. The quantitative estimate of drug-likeness (QED) is 0.604. The highest BCUT2D eigenvalue weighted by atomic mass is 16.7. The van der Waals surface area contributed by atoms with Crippen molar-refractivity contribution in [3.63, 3.8) is 0 Å². The van der Waals surface area contributed by atoms with Gasteiger partial charge >= 0.3 is 0 Å². The van der Waals surface area contributed by atoms with Crippen LogP contribution in [0.5, 0.6) is 0 Å². The molecule has 0 spiro atoms. The molecule has 0 aliphatic heterocycles. The van der Waals surface area contributed by atoms with E-state index in [1.54, 1.807) is 6.92 Å². The fraction of sp³-hybridized carbons (Fsp3) is 0.688. The number of hydrogen-bond donors (Lipinski definition) is 1. The second-order valence-corrected chi connectivity index (χ2v) is 4.42. The van der Waals surface area contributed by atoms with Gasteiger partial charge in [0.2, 0.25) is 5.78 Å². The first kappa shape index (κ1) is 22.1. The van der Waals surface area contributed by atoms with E-state index < -0.39 is 6.10 Å². The van der Waals surface area contributed by atoms with Crippen molar-refractivity contribution in [2.45, 2.75) is 60.0 Å². The number of carbonyl (C=O) groups excluding carboxylic acids is 1. The van der Waals surface area contributed by atoms with Gasteiger partial charge in [0.1, 0.15) is 6.10 Å². The van der Waals surface area contributed by atoms with E-state index in [-0.39, 0.29) is 18.2 Å². The molecule has 0 fully saturated rings. The zero-order valence-electron chi connectivity index (χ0n) is 14.1. The maximum absolute atomic E-state index is 10.9. The van der Waals surface area contributed by atoms with Crippen LogP contribution in [0.1, 0.15) is 41.5 Å². The van der Waals surface area contributed by atoms with Crippen LogP contribution in [-0.2, 0) is 19.0 Å². The highest BCUT2D eigenvalue weighted by molar-refractivity contribution is 6.06. The molecule has 0 amide bonds. The smallest absolute Gasteiger partial charge is 0.230 e. The van der Waals surface area contributed by atoms with E-state index in [2.05, 4.69) is 13.2 Å². The zero-order valence-corrected chi connectivity index (χ0v) is 14.1. The third kappa shape index (κ3) is 8.65. The zero-order chi connectivity index (χ0) is 17.0. The van der Waals surface area contributed by atoms with Gasteiger partial charge < -0.3 is 19.3 Å². The van der Waals surface area contributed by atoms with Gasteiger partial charge in [-0.3, -0.25) is 4.79 Å². The summed E-state index contributed by atoms with van der Waals surface area (Å²) in [7, 11) is 0. The Morgan fingerprint density at radius 3 is 1.86 bits per heavy atom. The van der Waals surface area contributed by atoms with Crippen molar-refractivity contribution < 1.29 is 24.1 Å². The van der Waals surface area contributed by atoms with Crippen LogP contribution in [0, 0.1) is 0 Å². The minimum Gasteiger partial charge on any atom is -0.487 e. The standard InChI is InChI=1S/C8H12O3.C6H14O2.C2H4/c1-4(2)11-8-5(3)6(9)7(8)10;1-4-7-6(3)8-5-2;1-2/h4,6,9H,1-3H3;6H,4-5H2,1-3H3;1-2H2. The largest absolute Gasteiger partial charge is 0.487 e. The Kier molecular flexibility index (Phi) is 13.2. The normalized spacial score (nSPS) is 16.8. The monoisotopic (exact) mass is 302 g/mol. The summed E-state index contributed by atoms with van der Waals surface area (Å²) in [6, 6.07) is 0. The van der Waals surface area contributed by atoms with Gasteiger partial charge in [-0.05, 0) is 41.5 Å². The summed E-state index contributed by atoms with van der Waals surface area (Å²) in [4.78, 5) is 10.9. The summed E-state index contributed by atoms with van der Waals surface area (Å²) in [5.74, 6) is 0.0451. The van der Waals surface area contributed by atoms with Crippen molar-refractivity contribution in [1.29, 1.82) is 0 Å². The van der Waals surface area contributed by atoms with Gasteiger partial charge in [0.05, 0.1) is 6.10 Å². The number of aliphatic hydroxyl groups excluding tert-OH is 1. The summed E-state index contributed by atoms with van der Waals surface area (Å²) >= 11 is 0. The number of ketones is 1. The minimum absolute atomic E-state index is 0.00333. The van der Waals surface area contributed by atoms with Crippen LogP contribution in [0.2, 0.25) is 0 Å². The summed E-state index contributed by atoms with van der Waals surface area (Å²) < 4.78 is 15.3. The Hall–Kier alpha value is -1.17. The number of ether oxygens (including phenoxy) is 3. The Labute approximate surface area is 128 Å². The lowest BCUT2D eigenvalue weighted by molar-refractivity contribution is -0.130.